The van der Waals surface area contributed by atoms with Crippen molar-refractivity contribution in [1.82, 2.24) is 10.6 Å². The Morgan fingerprint density at radius 3 is 2.76 bits per heavy atom. The number of nitrogens with zero attached hydrogens (tertiary/aromatic N) is 1. The molecule has 0 saturated carbocycles. The van der Waals surface area contributed by atoms with Crippen molar-refractivity contribution in [2.24, 2.45) is 10.9 Å². The normalized spacial score (nSPS) is 19.9. The molecule has 1 heterocycles. The van der Waals surface area contributed by atoms with Gasteiger partial charge in [0.2, 0.25) is 0 Å². The first-order valence-corrected chi connectivity index (χ1v) is 9.80. The number of aryl methyl sites for hydroxylation is 1. The molecule has 0 spiro atoms. The smallest absolute Gasteiger partial charge is 0.387 e. The first-order chi connectivity index (χ1) is 11.8. The summed E-state index contributed by atoms with van der Waals surface area (Å²) in [5.41, 5.74) is 1.52. The van der Waals surface area contributed by atoms with Gasteiger partial charge in [0.15, 0.2) is 15.8 Å². The SMILES string of the molecule is CN=C(NCc1cc(C)ccc1OC(F)F)NCC1CCS(=O)(=O)C1. The summed E-state index contributed by atoms with van der Waals surface area (Å²) in [6.45, 7) is -0.272. The number of ether oxygens (including phenoxy) is 1. The third-order valence-corrected chi connectivity index (χ3v) is 5.82. The van der Waals surface area contributed by atoms with Crippen molar-refractivity contribution in [1.29, 1.82) is 0 Å². The molecule has 0 bridgehead atoms. The Hall–Kier alpha value is -1.90. The van der Waals surface area contributed by atoms with Crippen molar-refractivity contribution < 1.29 is 21.9 Å². The lowest BCUT2D eigenvalue weighted by Gasteiger charge is -2.16. The van der Waals surface area contributed by atoms with E-state index in [1.807, 2.05) is 6.92 Å². The number of nitrogens with one attached hydrogen (secondary N) is 2. The van der Waals surface area contributed by atoms with E-state index in [2.05, 4.69) is 20.4 Å². The van der Waals surface area contributed by atoms with E-state index in [0.29, 0.717) is 24.5 Å². The van der Waals surface area contributed by atoms with Crippen molar-refractivity contribution in [2.75, 3.05) is 25.1 Å². The zero-order valence-corrected chi connectivity index (χ0v) is 15.1. The van der Waals surface area contributed by atoms with Gasteiger partial charge >= 0.3 is 6.61 Å². The molecule has 1 aliphatic rings. The third-order valence-electron chi connectivity index (χ3n) is 3.99. The summed E-state index contributed by atoms with van der Waals surface area (Å²) in [6, 6.07) is 4.98. The monoisotopic (exact) mass is 375 g/mol. The molecule has 1 aliphatic heterocycles. The van der Waals surface area contributed by atoms with Crippen LogP contribution in [0.1, 0.15) is 17.5 Å². The molecule has 1 unspecified atom stereocenters. The van der Waals surface area contributed by atoms with Crippen molar-refractivity contribution in [2.45, 2.75) is 26.5 Å². The maximum atomic E-state index is 12.5. The lowest BCUT2D eigenvalue weighted by Crippen LogP contribution is -2.39. The van der Waals surface area contributed by atoms with E-state index in [1.165, 1.54) is 6.07 Å². The van der Waals surface area contributed by atoms with Gasteiger partial charge in [0.1, 0.15) is 5.75 Å². The molecule has 0 amide bonds. The number of guanidine groups is 1. The first kappa shape index (κ1) is 19.4. The van der Waals surface area contributed by atoms with Crippen LogP contribution in [-0.4, -0.2) is 46.1 Å². The van der Waals surface area contributed by atoms with Crippen LogP contribution >= 0.6 is 0 Å². The predicted octanol–water partition coefficient (Wildman–Crippen LogP) is 1.70. The van der Waals surface area contributed by atoms with Gasteiger partial charge < -0.3 is 15.4 Å². The fourth-order valence-electron chi connectivity index (χ4n) is 2.73. The molecule has 2 rings (SSSR count). The van der Waals surface area contributed by atoms with E-state index < -0.39 is 16.4 Å². The zero-order chi connectivity index (χ0) is 18.4. The molecule has 6 nitrogen and oxygen atoms in total. The average Bonchev–Trinajstić information content (AvgIpc) is 2.88. The Morgan fingerprint density at radius 2 is 2.16 bits per heavy atom. The number of hydrogen-bond acceptors (Lipinski definition) is 4. The highest BCUT2D eigenvalue weighted by atomic mass is 32.2. The van der Waals surface area contributed by atoms with Gasteiger partial charge in [-0.2, -0.15) is 8.78 Å². The van der Waals surface area contributed by atoms with E-state index >= 15 is 0 Å². The minimum absolute atomic E-state index is 0.0558. The fraction of sp³-hybridized carbons (Fsp3) is 0.562. The summed E-state index contributed by atoms with van der Waals surface area (Å²) >= 11 is 0. The van der Waals surface area contributed by atoms with Crippen LogP contribution in [0.15, 0.2) is 23.2 Å². The second kappa shape index (κ2) is 8.46. The summed E-state index contributed by atoms with van der Waals surface area (Å²) in [7, 11) is -1.32. The van der Waals surface area contributed by atoms with E-state index in [-0.39, 0.29) is 29.7 Å². The highest BCUT2D eigenvalue weighted by Crippen LogP contribution is 2.22. The van der Waals surface area contributed by atoms with Crippen LogP contribution in [-0.2, 0) is 16.4 Å². The van der Waals surface area contributed by atoms with Crippen molar-refractivity contribution in [3.8, 4) is 5.75 Å². The van der Waals surface area contributed by atoms with Gasteiger partial charge in [-0.25, -0.2) is 8.42 Å². The molecule has 25 heavy (non-hydrogen) atoms. The summed E-state index contributed by atoms with van der Waals surface area (Å²) in [6.07, 6.45) is 0.636. The minimum atomic E-state index is -2.92. The second-order valence-electron chi connectivity index (χ2n) is 6.07. The molecule has 9 heteroatoms. The van der Waals surface area contributed by atoms with Crippen molar-refractivity contribution >= 4 is 15.8 Å². The molecule has 1 aromatic rings. The number of alkyl halides is 2. The number of sulfone groups is 1. The van der Waals surface area contributed by atoms with E-state index in [1.54, 1.807) is 19.2 Å². The van der Waals surface area contributed by atoms with Gasteiger partial charge in [0, 0.05) is 25.7 Å². The maximum Gasteiger partial charge on any atom is 0.387 e. The Morgan fingerprint density at radius 1 is 1.40 bits per heavy atom. The van der Waals surface area contributed by atoms with Crippen molar-refractivity contribution in [3.63, 3.8) is 0 Å². The Kier molecular flexibility index (Phi) is 6.57. The summed E-state index contributed by atoms with van der Waals surface area (Å²) < 4.78 is 52.5. The molecule has 0 radical (unpaired) electrons. The summed E-state index contributed by atoms with van der Waals surface area (Å²) in [4.78, 5) is 4.07. The Labute approximate surface area is 146 Å². The Balaban J connectivity index is 1.91. The molecule has 2 N–H and O–H groups in total. The van der Waals surface area contributed by atoms with Crippen molar-refractivity contribution in [3.05, 3.63) is 29.3 Å². The van der Waals surface area contributed by atoms with Crippen LogP contribution in [0.5, 0.6) is 5.75 Å². The zero-order valence-electron chi connectivity index (χ0n) is 14.3. The molecule has 140 valence electrons. The van der Waals surface area contributed by atoms with Gasteiger partial charge in [0.25, 0.3) is 0 Å². The summed E-state index contributed by atoms with van der Waals surface area (Å²) in [5, 5.41) is 6.12. The average molecular weight is 375 g/mol. The highest BCUT2D eigenvalue weighted by Gasteiger charge is 2.27. The summed E-state index contributed by atoms with van der Waals surface area (Å²) in [5.74, 6) is 1.06. The molecular weight excluding hydrogens is 352 g/mol. The topological polar surface area (TPSA) is 79.8 Å². The lowest BCUT2D eigenvalue weighted by molar-refractivity contribution is -0.0504. The number of hydrogen-bond donors (Lipinski definition) is 2. The molecule has 0 aliphatic carbocycles. The van der Waals surface area contributed by atoms with Crippen LogP contribution in [0, 0.1) is 12.8 Å². The largest absolute Gasteiger partial charge is 0.434 e. The van der Waals surface area contributed by atoms with E-state index in [9.17, 15) is 17.2 Å². The highest BCUT2D eigenvalue weighted by molar-refractivity contribution is 7.91. The van der Waals surface area contributed by atoms with Crippen LogP contribution in [0.3, 0.4) is 0 Å². The molecule has 1 aromatic carbocycles. The minimum Gasteiger partial charge on any atom is -0.434 e. The first-order valence-electron chi connectivity index (χ1n) is 7.98. The maximum absolute atomic E-state index is 12.5. The number of aliphatic imine (C=N–C) groups is 1. The molecule has 1 saturated heterocycles. The predicted molar refractivity (Wildman–Crippen MR) is 92.8 cm³/mol. The molecule has 0 aromatic heterocycles. The quantitative estimate of drug-likeness (QED) is 0.584. The van der Waals surface area contributed by atoms with Crippen LogP contribution in [0.25, 0.3) is 0 Å². The second-order valence-corrected chi connectivity index (χ2v) is 8.29. The third kappa shape index (κ3) is 6.15. The van der Waals surface area contributed by atoms with Gasteiger partial charge in [0.05, 0.1) is 11.5 Å². The van der Waals surface area contributed by atoms with Gasteiger partial charge in [-0.05, 0) is 25.3 Å². The standard InChI is InChI=1S/C16H23F2N3O3S/c1-11-3-4-14(24-15(17)18)13(7-11)9-21-16(19-2)20-8-12-5-6-25(22,23)10-12/h3-4,7,12,15H,5-6,8-10H2,1-2H3,(H2,19,20,21). The van der Waals surface area contributed by atoms with Crippen LogP contribution in [0.4, 0.5) is 8.78 Å². The van der Waals surface area contributed by atoms with Crippen LogP contribution < -0.4 is 15.4 Å². The van der Waals surface area contributed by atoms with Gasteiger partial charge in [-0.1, -0.05) is 17.7 Å². The fourth-order valence-corrected chi connectivity index (χ4v) is 4.59. The number of rotatable bonds is 6. The van der Waals surface area contributed by atoms with E-state index in [4.69, 9.17) is 0 Å². The van der Waals surface area contributed by atoms with Gasteiger partial charge in [-0.3, -0.25) is 4.99 Å². The lowest BCUT2D eigenvalue weighted by atomic mass is 10.1. The number of benzene rings is 1. The van der Waals surface area contributed by atoms with E-state index in [0.717, 1.165) is 5.56 Å². The molecule has 1 atom stereocenters. The van der Waals surface area contributed by atoms with Crippen LogP contribution in [0.2, 0.25) is 0 Å². The molecule has 1 fully saturated rings. The number of halogens is 2. The molecular formula is C16H23F2N3O3S. The Bertz CT molecular complexity index is 723. The van der Waals surface area contributed by atoms with Gasteiger partial charge in [-0.15, -0.1) is 0 Å².